The van der Waals surface area contributed by atoms with E-state index in [1.807, 2.05) is 24.3 Å². The maximum Gasteiger partial charge on any atom is 0.236 e. The Bertz CT molecular complexity index is 1140. The minimum absolute atomic E-state index is 0.0539. The second-order valence-electron chi connectivity index (χ2n) is 9.84. The van der Waals surface area contributed by atoms with E-state index in [1.54, 1.807) is 0 Å². The number of hydrogen-bond donors (Lipinski definition) is 2. The van der Waals surface area contributed by atoms with Crippen molar-refractivity contribution in [1.82, 2.24) is 15.2 Å². The van der Waals surface area contributed by atoms with Crippen LogP contribution in [0.5, 0.6) is 0 Å². The molecule has 0 radical (unpaired) electrons. The number of amides is 2. The number of fused-ring (bicyclic) bond motifs is 1. The van der Waals surface area contributed by atoms with Gasteiger partial charge in [-0.1, -0.05) is 46.6 Å². The quantitative estimate of drug-likeness (QED) is 0.333. The molecule has 2 amide bonds. The van der Waals surface area contributed by atoms with Crippen molar-refractivity contribution in [2.75, 3.05) is 16.4 Å². The summed E-state index contributed by atoms with van der Waals surface area (Å²) in [6.45, 7) is 0. The number of nitrogens with zero attached hydrogens (tertiary/aromatic N) is 3. The Morgan fingerprint density at radius 3 is 2.36 bits per heavy atom. The highest BCUT2D eigenvalue weighted by Crippen LogP contribution is 2.61. The van der Waals surface area contributed by atoms with Crippen molar-refractivity contribution in [2.24, 2.45) is 23.2 Å². The predicted octanol–water partition coefficient (Wildman–Crippen LogP) is 5.42. The van der Waals surface area contributed by atoms with E-state index in [0.717, 1.165) is 28.0 Å². The molecule has 4 aliphatic carbocycles. The summed E-state index contributed by atoms with van der Waals surface area (Å²) >= 11 is 4.09. The number of anilines is 2. The lowest BCUT2D eigenvalue weighted by Gasteiger charge is -2.56. The van der Waals surface area contributed by atoms with Crippen LogP contribution in [0.25, 0.3) is 10.2 Å². The molecule has 4 fully saturated rings. The third-order valence-electron chi connectivity index (χ3n) is 7.22. The van der Waals surface area contributed by atoms with Crippen LogP contribution in [0.3, 0.4) is 0 Å². The lowest BCUT2D eigenvalue weighted by atomic mass is 9.49. The van der Waals surface area contributed by atoms with Crippen LogP contribution in [0.4, 0.5) is 10.3 Å². The van der Waals surface area contributed by atoms with E-state index in [2.05, 4.69) is 25.8 Å². The van der Waals surface area contributed by atoms with E-state index in [-0.39, 0.29) is 23.0 Å². The number of carbonyl (C=O) groups is 2. The van der Waals surface area contributed by atoms with Crippen molar-refractivity contribution < 1.29 is 9.59 Å². The second kappa shape index (κ2) is 8.63. The summed E-state index contributed by atoms with van der Waals surface area (Å²) in [6, 6.07) is 7.80. The highest BCUT2D eigenvalue weighted by molar-refractivity contribution is 8.01. The van der Waals surface area contributed by atoms with E-state index >= 15 is 0 Å². The minimum atomic E-state index is -0.137. The van der Waals surface area contributed by atoms with Crippen LogP contribution < -0.4 is 10.6 Å². The van der Waals surface area contributed by atoms with E-state index in [1.165, 1.54) is 73.0 Å². The monoisotopic (exact) mass is 499 g/mol. The SMILES string of the molecule is O=C(CC12CC3CC(CC(C3)C1)C2)Nc1nnc(SCC(=O)Nc2nc3ccccc3s2)s1. The summed E-state index contributed by atoms with van der Waals surface area (Å²) in [6.07, 6.45) is 8.39. The highest BCUT2D eigenvalue weighted by atomic mass is 32.2. The molecule has 2 aromatic heterocycles. The Hall–Kier alpha value is -2.04. The fourth-order valence-electron chi connectivity index (χ4n) is 6.54. The van der Waals surface area contributed by atoms with Gasteiger partial charge in [0.1, 0.15) is 0 Å². The number of thioether (sulfide) groups is 1. The Kier molecular flexibility index (Phi) is 5.62. The molecule has 0 spiro atoms. The molecule has 4 aliphatic rings. The van der Waals surface area contributed by atoms with Crippen molar-refractivity contribution in [3.63, 3.8) is 0 Å². The standard InChI is InChI=1S/C23H25N5O2S3/c29-18(11-23-8-13-5-14(9-23)7-15(6-13)10-23)25-21-27-28-22(33-21)31-12-19(30)26-20-24-16-3-1-2-4-17(16)32-20/h1-4,13-15H,5-12H2,(H,24,26,30)(H,25,27,29). The molecule has 7 rings (SSSR count). The summed E-state index contributed by atoms with van der Waals surface area (Å²) in [7, 11) is 0. The van der Waals surface area contributed by atoms with Crippen LogP contribution in [-0.2, 0) is 9.59 Å². The van der Waals surface area contributed by atoms with Crippen molar-refractivity contribution in [3.8, 4) is 0 Å². The van der Waals surface area contributed by atoms with Crippen LogP contribution in [0.2, 0.25) is 0 Å². The number of nitrogens with one attached hydrogen (secondary N) is 2. The van der Waals surface area contributed by atoms with E-state index in [9.17, 15) is 9.59 Å². The Morgan fingerprint density at radius 1 is 0.939 bits per heavy atom. The molecule has 0 atom stereocenters. The number of aromatic nitrogens is 3. The summed E-state index contributed by atoms with van der Waals surface area (Å²) in [5.41, 5.74) is 1.09. The van der Waals surface area contributed by atoms with Crippen molar-refractivity contribution in [1.29, 1.82) is 0 Å². The molecule has 2 N–H and O–H groups in total. The summed E-state index contributed by atoms with van der Waals surface area (Å²) in [5, 5.41) is 15.2. The third kappa shape index (κ3) is 4.65. The first-order chi connectivity index (χ1) is 16.0. The average molecular weight is 500 g/mol. The van der Waals surface area contributed by atoms with Gasteiger partial charge in [0.25, 0.3) is 0 Å². The van der Waals surface area contributed by atoms with Crippen LogP contribution in [0, 0.1) is 23.2 Å². The maximum absolute atomic E-state index is 12.8. The Morgan fingerprint density at radius 2 is 1.64 bits per heavy atom. The fourth-order valence-corrected chi connectivity index (χ4v) is 8.99. The van der Waals surface area contributed by atoms with Crippen molar-refractivity contribution >= 4 is 66.7 Å². The number of para-hydroxylation sites is 1. The molecule has 4 bridgehead atoms. The van der Waals surface area contributed by atoms with Crippen molar-refractivity contribution in [2.45, 2.75) is 49.3 Å². The normalized spacial score (nSPS) is 27.7. The second-order valence-corrected chi connectivity index (χ2v) is 13.1. The van der Waals surface area contributed by atoms with Gasteiger partial charge in [0.15, 0.2) is 9.47 Å². The highest BCUT2D eigenvalue weighted by Gasteiger charge is 2.51. The number of rotatable bonds is 7. The van der Waals surface area contributed by atoms with Gasteiger partial charge < -0.3 is 10.6 Å². The lowest BCUT2D eigenvalue weighted by Crippen LogP contribution is -2.47. The number of hydrogen-bond acceptors (Lipinski definition) is 8. The van der Waals surface area contributed by atoms with Gasteiger partial charge >= 0.3 is 0 Å². The zero-order valence-electron chi connectivity index (χ0n) is 18.1. The molecule has 33 heavy (non-hydrogen) atoms. The zero-order valence-corrected chi connectivity index (χ0v) is 20.5. The first-order valence-corrected chi connectivity index (χ1v) is 14.1. The first kappa shape index (κ1) is 21.5. The molecule has 0 aliphatic heterocycles. The third-order valence-corrected chi connectivity index (χ3v) is 10.1. The maximum atomic E-state index is 12.8. The zero-order chi connectivity index (χ0) is 22.4. The van der Waals surface area contributed by atoms with Gasteiger partial charge in [-0.05, 0) is 73.8 Å². The molecular weight excluding hydrogens is 474 g/mol. The molecule has 7 nitrogen and oxygen atoms in total. The Labute approximate surface area is 204 Å². The van der Waals surface area contributed by atoms with E-state index in [4.69, 9.17) is 0 Å². The van der Waals surface area contributed by atoms with Crippen molar-refractivity contribution in [3.05, 3.63) is 24.3 Å². The van der Waals surface area contributed by atoms with Crippen LogP contribution in [0.15, 0.2) is 28.6 Å². The lowest BCUT2D eigenvalue weighted by molar-refractivity contribution is -0.124. The average Bonchev–Trinajstić information content (AvgIpc) is 3.36. The largest absolute Gasteiger partial charge is 0.301 e. The molecular formula is C23H25N5O2S3. The first-order valence-electron chi connectivity index (χ1n) is 11.4. The molecule has 0 saturated heterocycles. The smallest absolute Gasteiger partial charge is 0.236 e. The molecule has 2 heterocycles. The van der Waals surface area contributed by atoms with Gasteiger partial charge in [-0.2, -0.15) is 0 Å². The van der Waals surface area contributed by atoms with Crippen LogP contribution in [-0.4, -0.2) is 32.7 Å². The fraction of sp³-hybridized carbons (Fsp3) is 0.522. The summed E-state index contributed by atoms with van der Waals surface area (Å²) in [5.74, 6) is 2.64. The molecule has 0 unspecified atom stereocenters. The van der Waals surface area contributed by atoms with Gasteiger partial charge in [-0.25, -0.2) is 4.98 Å². The van der Waals surface area contributed by atoms with Gasteiger partial charge in [-0.3, -0.25) is 9.59 Å². The summed E-state index contributed by atoms with van der Waals surface area (Å²) < 4.78 is 1.71. The van der Waals surface area contributed by atoms with Gasteiger partial charge in [-0.15, -0.1) is 10.2 Å². The Balaban J connectivity index is 0.999. The molecule has 3 aromatic rings. The van der Waals surface area contributed by atoms with Crippen LogP contribution in [0.1, 0.15) is 44.9 Å². The predicted molar refractivity (Wildman–Crippen MR) is 133 cm³/mol. The topological polar surface area (TPSA) is 96.9 Å². The van der Waals surface area contributed by atoms with Crippen LogP contribution >= 0.6 is 34.4 Å². The molecule has 172 valence electrons. The number of benzene rings is 1. The minimum Gasteiger partial charge on any atom is -0.301 e. The van der Waals surface area contributed by atoms with E-state index in [0.29, 0.717) is 21.0 Å². The molecule has 1 aromatic carbocycles. The number of thiazole rings is 1. The molecule has 4 saturated carbocycles. The van der Waals surface area contributed by atoms with Gasteiger partial charge in [0.05, 0.1) is 16.0 Å². The molecule has 10 heteroatoms. The summed E-state index contributed by atoms with van der Waals surface area (Å²) in [4.78, 5) is 29.5. The van der Waals surface area contributed by atoms with Gasteiger partial charge in [0.2, 0.25) is 16.9 Å². The number of carbonyl (C=O) groups excluding carboxylic acids is 2. The van der Waals surface area contributed by atoms with Gasteiger partial charge in [0, 0.05) is 6.42 Å². The van der Waals surface area contributed by atoms with E-state index < -0.39 is 0 Å².